The average molecular weight is 246 g/mol. The molecule has 0 fully saturated rings. The van der Waals surface area contributed by atoms with Gasteiger partial charge in [0.2, 0.25) is 0 Å². The van der Waals surface area contributed by atoms with E-state index < -0.39 is 0 Å². The van der Waals surface area contributed by atoms with Gasteiger partial charge in [-0.3, -0.25) is 4.79 Å². The van der Waals surface area contributed by atoms with Crippen LogP contribution in [0.3, 0.4) is 0 Å². The normalized spacial score (nSPS) is 10.6. The van der Waals surface area contributed by atoms with Crippen molar-refractivity contribution >= 4 is 11.6 Å². The summed E-state index contributed by atoms with van der Waals surface area (Å²) in [6, 6.07) is 7.51. The first-order valence-corrected chi connectivity index (χ1v) is 6.37. The molecule has 0 heterocycles. The van der Waals surface area contributed by atoms with Crippen molar-refractivity contribution in [3.63, 3.8) is 0 Å². The Labute approximate surface area is 109 Å². The van der Waals surface area contributed by atoms with Crippen LogP contribution in [0.15, 0.2) is 29.4 Å². The summed E-state index contributed by atoms with van der Waals surface area (Å²) in [5.74, 6) is 0.524. The fraction of sp³-hybridized carbons (Fsp3) is 0.467. The van der Waals surface area contributed by atoms with Crippen LogP contribution in [-0.2, 0) is 0 Å². The molecule has 0 radical (unpaired) electrons. The first-order chi connectivity index (χ1) is 8.43. The van der Waals surface area contributed by atoms with Crippen LogP contribution in [-0.4, -0.2) is 11.6 Å². The van der Waals surface area contributed by atoms with Crippen molar-refractivity contribution in [2.45, 2.75) is 34.6 Å². The smallest absolute Gasteiger partial charge is 0.267 e. The Balaban J connectivity index is 2.83. The van der Waals surface area contributed by atoms with Crippen molar-refractivity contribution in [1.29, 1.82) is 0 Å². The van der Waals surface area contributed by atoms with E-state index >= 15 is 0 Å². The molecule has 0 aliphatic carbocycles. The lowest BCUT2D eigenvalue weighted by molar-refractivity contribution is 0.0954. The van der Waals surface area contributed by atoms with E-state index in [-0.39, 0.29) is 5.91 Å². The molecule has 0 bridgehead atoms. The van der Waals surface area contributed by atoms with E-state index in [0.717, 1.165) is 11.3 Å². The number of hydrogen-bond donors (Lipinski definition) is 1. The standard InChI is InChI=1S/C15H22N2O/c1-10(2)14(11(3)4)16-17-15(18)13-9-7-6-8-12(13)5/h6-11H,1-5H3,(H,17,18). The fourth-order valence-electron chi connectivity index (χ4n) is 1.93. The number of hydrogen-bond acceptors (Lipinski definition) is 2. The number of benzene rings is 1. The van der Waals surface area contributed by atoms with Gasteiger partial charge in [-0.15, -0.1) is 0 Å². The number of amides is 1. The second-order valence-corrected chi connectivity index (χ2v) is 5.10. The summed E-state index contributed by atoms with van der Waals surface area (Å²) in [6.07, 6.45) is 0. The van der Waals surface area contributed by atoms with E-state index in [4.69, 9.17) is 0 Å². The van der Waals surface area contributed by atoms with Crippen molar-refractivity contribution in [2.75, 3.05) is 0 Å². The summed E-state index contributed by atoms with van der Waals surface area (Å²) in [5.41, 5.74) is 5.30. The lowest BCUT2D eigenvalue weighted by Gasteiger charge is -2.14. The molecule has 1 aromatic carbocycles. The summed E-state index contributed by atoms with van der Waals surface area (Å²) >= 11 is 0. The molecule has 0 aromatic heterocycles. The van der Waals surface area contributed by atoms with Gasteiger partial charge in [0.15, 0.2) is 0 Å². The number of carbonyl (C=O) groups is 1. The van der Waals surface area contributed by atoms with Crippen LogP contribution in [0, 0.1) is 18.8 Å². The Morgan fingerprint density at radius 1 is 1.11 bits per heavy atom. The second-order valence-electron chi connectivity index (χ2n) is 5.10. The molecular weight excluding hydrogens is 224 g/mol. The van der Waals surface area contributed by atoms with Gasteiger partial charge in [-0.05, 0) is 30.4 Å². The van der Waals surface area contributed by atoms with E-state index in [1.54, 1.807) is 0 Å². The highest BCUT2D eigenvalue weighted by Crippen LogP contribution is 2.09. The summed E-state index contributed by atoms with van der Waals surface area (Å²) in [7, 11) is 0. The highest BCUT2D eigenvalue weighted by Gasteiger charge is 2.12. The molecule has 0 aliphatic rings. The van der Waals surface area contributed by atoms with Crippen LogP contribution in [0.25, 0.3) is 0 Å². The first-order valence-electron chi connectivity index (χ1n) is 6.37. The van der Waals surface area contributed by atoms with E-state index in [1.165, 1.54) is 0 Å². The van der Waals surface area contributed by atoms with Crippen LogP contribution < -0.4 is 5.43 Å². The molecule has 1 aromatic rings. The van der Waals surface area contributed by atoms with Crippen molar-refractivity contribution < 1.29 is 4.79 Å². The fourth-order valence-corrected chi connectivity index (χ4v) is 1.93. The minimum absolute atomic E-state index is 0.146. The molecule has 0 atom stereocenters. The third-order valence-electron chi connectivity index (χ3n) is 2.86. The largest absolute Gasteiger partial charge is 0.271 e. The van der Waals surface area contributed by atoms with Crippen molar-refractivity contribution in [3.8, 4) is 0 Å². The summed E-state index contributed by atoms with van der Waals surface area (Å²) in [5, 5.41) is 4.26. The lowest BCUT2D eigenvalue weighted by atomic mass is 9.98. The van der Waals surface area contributed by atoms with Gasteiger partial charge in [-0.25, -0.2) is 5.43 Å². The average Bonchev–Trinajstić information content (AvgIpc) is 2.28. The topological polar surface area (TPSA) is 41.5 Å². The van der Waals surface area contributed by atoms with E-state index in [0.29, 0.717) is 17.4 Å². The van der Waals surface area contributed by atoms with Gasteiger partial charge in [0, 0.05) is 11.3 Å². The van der Waals surface area contributed by atoms with Crippen LogP contribution in [0.4, 0.5) is 0 Å². The molecule has 0 saturated carbocycles. The molecule has 1 rings (SSSR count). The van der Waals surface area contributed by atoms with Gasteiger partial charge >= 0.3 is 0 Å². The lowest BCUT2D eigenvalue weighted by Crippen LogP contribution is -2.24. The zero-order chi connectivity index (χ0) is 13.7. The molecule has 0 unspecified atom stereocenters. The van der Waals surface area contributed by atoms with Gasteiger partial charge in [-0.1, -0.05) is 45.9 Å². The van der Waals surface area contributed by atoms with Crippen molar-refractivity contribution in [1.82, 2.24) is 5.43 Å². The Hall–Kier alpha value is -1.64. The Morgan fingerprint density at radius 2 is 1.67 bits per heavy atom. The Kier molecular flexibility index (Phi) is 5.08. The van der Waals surface area contributed by atoms with E-state index in [1.807, 2.05) is 31.2 Å². The number of carbonyl (C=O) groups excluding carboxylic acids is 1. The number of rotatable bonds is 4. The van der Waals surface area contributed by atoms with Gasteiger partial charge in [0.25, 0.3) is 5.91 Å². The first kappa shape index (κ1) is 14.4. The Bertz CT molecular complexity index is 438. The number of hydrazone groups is 1. The molecule has 0 saturated heterocycles. The summed E-state index contributed by atoms with van der Waals surface area (Å²) in [6.45, 7) is 10.2. The molecule has 98 valence electrons. The summed E-state index contributed by atoms with van der Waals surface area (Å²) < 4.78 is 0. The molecule has 0 aliphatic heterocycles. The molecule has 3 heteroatoms. The maximum absolute atomic E-state index is 12.0. The van der Waals surface area contributed by atoms with E-state index in [2.05, 4.69) is 38.2 Å². The maximum atomic E-state index is 12.0. The minimum Gasteiger partial charge on any atom is -0.267 e. The van der Waals surface area contributed by atoms with Crippen LogP contribution in [0.1, 0.15) is 43.6 Å². The van der Waals surface area contributed by atoms with Gasteiger partial charge in [0.05, 0.1) is 0 Å². The second kappa shape index (κ2) is 6.34. The Morgan fingerprint density at radius 3 is 2.17 bits per heavy atom. The van der Waals surface area contributed by atoms with Gasteiger partial charge in [0.1, 0.15) is 0 Å². The molecular formula is C15H22N2O. The molecule has 1 amide bonds. The predicted molar refractivity (Wildman–Crippen MR) is 75.8 cm³/mol. The quantitative estimate of drug-likeness (QED) is 0.642. The van der Waals surface area contributed by atoms with Crippen LogP contribution >= 0.6 is 0 Å². The number of nitrogens with one attached hydrogen (secondary N) is 1. The van der Waals surface area contributed by atoms with Crippen molar-refractivity contribution in [3.05, 3.63) is 35.4 Å². The zero-order valence-corrected chi connectivity index (χ0v) is 11.8. The maximum Gasteiger partial charge on any atom is 0.271 e. The molecule has 1 N–H and O–H groups in total. The highest BCUT2D eigenvalue weighted by atomic mass is 16.2. The number of nitrogens with zero attached hydrogens (tertiary/aromatic N) is 1. The predicted octanol–water partition coefficient (Wildman–Crippen LogP) is 3.39. The number of aryl methyl sites for hydroxylation is 1. The van der Waals surface area contributed by atoms with Crippen molar-refractivity contribution in [2.24, 2.45) is 16.9 Å². The monoisotopic (exact) mass is 246 g/mol. The third kappa shape index (κ3) is 3.69. The molecule has 0 spiro atoms. The van der Waals surface area contributed by atoms with Crippen LogP contribution in [0.5, 0.6) is 0 Å². The SMILES string of the molecule is Cc1ccccc1C(=O)NN=C(C(C)C)C(C)C. The third-order valence-corrected chi connectivity index (χ3v) is 2.86. The minimum atomic E-state index is -0.146. The summed E-state index contributed by atoms with van der Waals surface area (Å²) in [4.78, 5) is 12.0. The highest BCUT2D eigenvalue weighted by molar-refractivity contribution is 5.97. The van der Waals surface area contributed by atoms with Gasteiger partial charge < -0.3 is 0 Å². The van der Waals surface area contributed by atoms with E-state index in [9.17, 15) is 4.79 Å². The molecule has 3 nitrogen and oxygen atoms in total. The van der Waals surface area contributed by atoms with Gasteiger partial charge in [-0.2, -0.15) is 5.10 Å². The zero-order valence-electron chi connectivity index (χ0n) is 11.8. The molecule has 18 heavy (non-hydrogen) atoms. The van der Waals surface area contributed by atoms with Crippen LogP contribution in [0.2, 0.25) is 0 Å².